The number of nitrogens with zero attached hydrogens (tertiary/aromatic N) is 1. The van der Waals surface area contributed by atoms with Crippen molar-refractivity contribution in [3.8, 4) is 0 Å². The summed E-state index contributed by atoms with van der Waals surface area (Å²) in [6, 6.07) is 7.04. The van der Waals surface area contributed by atoms with Gasteiger partial charge in [0.05, 0.1) is 0 Å². The van der Waals surface area contributed by atoms with Gasteiger partial charge < -0.3 is 10.2 Å². The van der Waals surface area contributed by atoms with Gasteiger partial charge in [-0.15, -0.1) is 0 Å². The first-order chi connectivity index (χ1) is 12.5. The van der Waals surface area contributed by atoms with Crippen molar-refractivity contribution in [3.63, 3.8) is 0 Å². The number of ketones is 1. The number of Topliss-reactive ketones (excluding diaryl/α,β-unsaturated/α-hetero) is 1. The smallest absolute Gasteiger partial charge is 0.227 e. The van der Waals surface area contributed by atoms with Crippen LogP contribution >= 0.6 is 0 Å². The highest BCUT2D eigenvalue weighted by Crippen LogP contribution is 2.31. The minimum Gasteiger partial charge on any atom is -0.342 e. The molecule has 2 aliphatic rings. The average molecular weight is 356 g/mol. The maximum atomic E-state index is 12.6. The van der Waals surface area contributed by atoms with Crippen LogP contribution in [0.2, 0.25) is 0 Å². The van der Waals surface area contributed by atoms with E-state index < -0.39 is 0 Å². The summed E-state index contributed by atoms with van der Waals surface area (Å²) in [5, 5.41) is 2.93. The van der Waals surface area contributed by atoms with Crippen LogP contribution in [0, 0.1) is 11.8 Å². The third-order valence-corrected chi connectivity index (χ3v) is 5.65. The molecule has 0 aromatic heterocycles. The van der Waals surface area contributed by atoms with Crippen LogP contribution in [0.15, 0.2) is 24.3 Å². The average Bonchev–Trinajstić information content (AvgIpc) is 2.68. The number of benzene rings is 1. The Morgan fingerprint density at radius 1 is 0.962 bits per heavy atom. The van der Waals surface area contributed by atoms with E-state index in [0.717, 1.165) is 51.6 Å². The number of nitrogens with one attached hydrogen (secondary N) is 1. The van der Waals surface area contributed by atoms with Gasteiger partial charge in [-0.2, -0.15) is 0 Å². The van der Waals surface area contributed by atoms with Crippen LogP contribution in [0.25, 0.3) is 0 Å². The fraction of sp³-hybridized carbons (Fsp3) is 0.571. The van der Waals surface area contributed by atoms with E-state index in [0.29, 0.717) is 11.3 Å². The molecule has 26 heavy (non-hydrogen) atoms. The van der Waals surface area contributed by atoms with Crippen molar-refractivity contribution in [1.29, 1.82) is 0 Å². The second kappa shape index (κ2) is 8.47. The summed E-state index contributed by atoms with van der Waals surface area (Å²) in [6.07, 6.45) is 6.54. The predicted octanol–water partition coefficient (Wildman–Crippen LogP) is 3.65. The molecule has 3 rings (SSSR count). The van der Waals surface area contributed by atoms with Crippen molar-refractivity contribution < 1.29 is 14.4 Å². The minimum atomic E-state index is -0.0543. The number of hydrogen-bond donors (Lipinski definition) is 1. The molecule has 1 aliphatic carbocycles. The minimum absolute atomic E-state index is 0.00502. The molecule has 2 amide bonds. The van der Waals surface area contributed by atoms with Gasteiger partial charge in [0.15, 0.2) is 5.78 Å². The van der Waals surface area contributed by atoms with E-state index >= 15 is 0 Å². The molecule has 0 atom stereocenters. The molecule has 5 nitrogen and oxygen atoms in total. The third-order valence-electron chi connectivity index (χ3n) is 5.65. The normalized spacial score (nSPS) is 23.3. The number of likely N-dealkylation sites (tertiary alicyclic amines) is 1. The fourth-order valence-corrected chi connectivity index (χ4v) is 4.04. The summed E-state index contributed by atoms with van der Waals surface area (Å²) < 4.78 is 0. The lowest BCUT2D eigenvalue weighted by Gasteiger charge is -2.33. The standard InChI is InChI=1S/C21H28N2O3/c1-15(24)18-6-5-7-19(14-18)22-20(25)16-8-10-17(11-9-16)21(26)23-12-3-2-4-13-23/h5-7,14,16-17H,2-4,8-13H2,1H3,(H,22,25). The Morgan fingerprint density at radius 2 is 1.62 bits per heavy atom. The summed E-state index contributed by atoms with van der Waals surface area (Å²) in [7, 11) is 0. The molecule has 1 aromatic carbocycles. The molecular formula is C21H28N2O3. The van der Waals surface area contributed by atoms with E-state index in [4.69, 9.17) is 0 Å². The van der Waals surface area contributed by atoms with Gasteiger partial charge in [0.1, 0.15) is 0 Å². The second-order valence-electron chi connectivity index (χ2n) is 7.56. The van der Waals surface area contributed by atoms with Crippen molar-refractivity contribution in [2.75, 3.05) is 18.4 Å². The highest BCUT2D eigenvalue weighted by Gasteiger charge is 2.32. The van der Waals surface area contributed by atoms with Crippen LogP contribution in [0.3, 0.4) is 0 Å². The molecule has 1 saturated carbocycles. The summed E-state index contributed by atoms with van der Waals surface area (Å²) in [5.74, 6) is 0.296. The van der Waals surface area contributed by atoms with Crippen molar-refractivity contribution in [2.45, 2.75) is 51.9 Å². The van der Waals surface area contributed by atoms with Crippen LogP contribution in [0.1, 0.15) is 62.2 Å². The number of carbonyl (C=O) groups excluding carboxylic acids is 3. The van der Waals surface area contributed by atoms with Gasteiger partial charge in [-0.05, 0) is 64.0 Å². The summed E-state index contributed by atoms with van der Waals surface area (Å²) >= 11 is 0. The number of hydrogen-bond acceptors (Lipinski definition) is 3. The second-order valence-corrected chi connectivity index (χ2v) is 7.56. The Bertz CT molecular complexity index is 672. The zero-order chi connectivity index (χ0) is 18.5. The predicted molar refractivity (Wildman–Crippen MR) is 101 cm³/mol. The topological polar surface area (TPSA) is 66.5 Å². The van der Waals surface area contributed by atoms with Crippen LogP contribution in [0.5, 0.6) is 0 Å². The molecule has 1 aromatic rings. The zero-order valence-electron chi connectivity index (χ0n) is 15.5. The fourth-order valence-electron chi connectivity index (χ4n) is 4.04. The Kier molecular flexibility index (Phi) is 6.07. The van der Waals surface area contributed by atoms with Gasteiger partial charge in [-0.25, -0.2) is 0 Å². The quantitative estimate of drug-likeness (QED) is 0.838. The largest absolute Gasteiger partial charge is 0.342 e. The molecular weight excluding hydrogens is 328 g/mol. The van der Waals surface area contributed by atoms with Gasteiger partial charge in [0.25, 0.3) is 0 Å². The van der Waals surface area contributed by atoms with Gasteiger partial charge in [-0.1, -0.05) is 12.1 Å². The first-order valence-corrected chi connectivity index (χ1v) is 9.75. The maximum Gasteiger partial charge on any atom is 0.227 e. The summed E-state index contributed by atoms with van der Waals surface area (Å²) in [6.45, 7) is 3.30. The molecule has 1 N–H and O–H groups in total. The molecule has 1 heterocycles. The van der Waals surface area contributed by atoms with Crippen molar-refractivity contribution in [1.82, 2.24) is 4.90 Å². The molecule has 140 valence electrons. The summed E-state index contributed by atoms with van der Waals surface area (Å²) in [4.78, 5) is 38.6. The maximum absolute atomic E-state index is 12.6. The Labute approximate surface area is 155 Å². The lowest BCUT2D eigenvalue weighted by molar-refractivity contribution is -0.138. The van der Waals surface area contributed by atoms with Crippen LogP contribution in [-0.4, -0.2) is 35.6 Å². The lowest BCUT2D eigenvalue weighted by atomic mass is 9.80. The SMILES string of the molecule is CC(=O)c1cccc(NC(=O)C2CCC(C(=O)N3CCCCC3)CC2)c1. The van der Waals surface area contributed by atoms with Gasteiger partial charge in [0, 0.05) is 36.2 Å². The molecule has 5 heteroatoms. The van der Waals surface area contributed by atoms with E-state index in [1.807, 2.05) is 4.90 Å². The van der Waals surface area contributed by atoms with Gasteiger partial charge >= 0.3 is 0 Å². The molecule has 1 aliphatic heterocycles. The molecule has 2 fully saturated rings. The molecule has 0 unspecified atom stereocenters. The van der Waals surface area contributed by atoms with E-state index in [-0.39, 0.29) is 29.4 Å². The monoisotopic (exact) mass is 356 g/mol. The van der Waals surface area contributed by atoms with Crippen LogP contribution < -0.4 is 5.32 Å². The van der Waals surface area contributed by atoms with Crippen molar-refractivity contribution in [3.05, 3.63) is 29.8 Å². The number of piperidine rings is 1. The number of amides is 2. The molecule has 0 bridgehead atoms. The third kappa shape index (κ3) is 4.51. The van der Waals surface area contributed by atoms with E-state index in [1.54, 1.807) is 24.3 Å². The number of carbonyl (C=O) groups is 3. The zero-order valence-corrected chi connectivity index (χ0v) is 15.5. The number of rotatable bonds is 4. The van der Waals surface area contributed by atoms with Crippen LogP contribution in [-0.2, 0) is 9.59 Å². The first kappa shape index (κ1) is 18.6. The van der Waals surface area contributed by atoms with E-state index in [2.05, 4.69) is 5.32 Å². The molecule has 1 saturated heterocycles. The Balaban J connectivity index is 1.51. The van der Waals surface area contributed by atoms with E-state index in [1.165, 1.54) is 13.3 Å². The van der Waals surface area contributed by atoms with Crippen molar-refractivity contribution in [2.24, 2.45) is 11.8 Å². The first-order valence-electron chi connectivity index (χ1n) is 9.75. The lowest BCUT2D eigenvalue weighted by Crippen LogP contribution is -2.41. The van der Waals surface area contributed by atoms with Crippen LogP contribution in [0.4, 0.5) is 5.69 Å². The Morgan fingerprint density at radius 3 is 2.27 bits per heavy atom. The van der Waals surface area contributed by atoms with Crippen molar-refractivity contribution >= 4 is 23.3 Å². The Hall–Kier alpha value is -2.17. The molecule has 0 spiro atoms. The van der Waals surface area contributed by atoms with Gasteiger partial charge in [-0.3, -0.25) is 14.4 Å². The van der Waals surface area contributed by atoms with Gasteiger partial charge in [0.2, 0.25) is 11.8 Å². The highest BCUT2D eigenvalue weighted by molar-refractivity contribution is 5.97. The molecule has 0 radical (unpaired) electrons. The van der Waals surface area contributed by atoms with E-state index in [9.17, 15) is 14.4 Å². The number of anilines is 1. The highest BCUT2D eigenvalue weighted by atomic mass is 16.2. The summed E-state index contributed by atoms with van der Waals surface area (Å²) in [5.41, 5.74) is 1.26.